The Kier molecular flexibility index (Phi) is 5.70. The van der Waals surface area contributed by atoms with Crippen LogP contribution < -0.4 is 5.32 Å². The Labute approximate surface area is 126 Å². The van der Waals surface area contributed by atoms with Crippen molar-refractivity contribution < 1.29 is 9.90 Å². The van der Waals surface area contributed by atoms with Gasteiger partial charge in [-0.05, 0) is 49.4 Å². The molecule has 0 unspecified atom stereocenters. The van der Waals surface area contributed by atoms with E-state index in [0.29, 0.717) is 13.1 Å². The highest BCUT2D eigenvalue weighted by atomic mass is 16.3. The number of aliphatic hydroxyl groups excluding tert-OH is 1. The Morgan fingerprint density at radius 3 is 2.81 bits per heavy atom. The van der Waals surface area contributed by atoms with Gasteiger partial charge in [0.05, 0.1) is 6.54 Å². The van der Waals surface area contributed by atoms with Gasteiger partial charge in [-0.25, -0.2) is 0 Å². The molecule has 1 aliphatic heterocycles. The van der Waals surface area contributed by atoms with Gasteiger partial charge >= 0.3 is 0 Å². The fourth-order valence-electron chi connectivity index (χ4n) is 2.77. The van der Waals surface area contributed by atoms with Crippen molar-refractivity contribution in [2.45, 2.75) is 32.7 Å². The Morgan fingerprint density at radius 1 is 1.48 bits per heavy atom. The molecule has 0 atom stereocenters. The molecule has 1 aliphatic rings. The molecule has 0 radical (unpaired) electrons. The number of carbonyl (C=O) groups is 1. The minimum Gasteiger partial charge on any atom is -0.396 e. The van der Waals surface area contributed by atoms with E-state index in [-0.39, 0.29) is 17.9 Å². The topological polar surface area (TPSA) is 65.5 Å². The number of carbonyl (C=O) groups excluding carboxylic acids is 1. The number of likely N-dealkylation sites (tertiary alicyclic amines) is 1. The summed E-state index contributed by atoms with van der Waals surface area (Å²) in [5.74, 6) is 0.0480. The monoisotopic (exact) mass is 291 g/mol. The highest BCUT2D eigenvalue weighted by Crippen LogP contribution is 2.33. The molecule has 1 aromatic heterocycles. The van der Waals surface area contributed by atoms with Crippen molar-refractivity contribution in [2.75, 3.05) is 26.2 Å². The molecule has 1 saturated heterocycles. The second-order valence-electron chi connectivity index (χ2n) is 5.93. The first-order valence-electron chi connectivity index (χ1n) is 7.66. The van der Waals surface area contributed by atoms with E-state index >= 15 is 0 Å². The van der Waals surface area contributed by atoms with Crippen LogP contribution in [-0.2, 0) is 11.3 Å². The number of nitrogens with zero attached hydrogens (tertiary/aromatic N) is 2. The predicted molar refractivity (Wildman–Crippen MR) is 81.6 cm³/mol. The molecule has 1 amide bonds. The second kappa shape index (κ2) is 7.52. The van der Waals surface area contributed by atoms with Crippen molar-refractivity contribution in [1.29, 1.82) is 0 Å². The maximum absolute atomic E-state index is 12.0. The van der Waals surface area contributed by atoms with Gasteiger partial charge in [-0.2, -0.15) is 0 Å². The van der Waals surface area contributed by atoms with Crippen molar-refractivity contribution >= 4 is 5.91 Å². The van der Waals surface area contributed by atoms with Crippen molar-refractivity contribution in [3.63, 3.8) is 0 Å². The van der Waals surface area contributed by atoms with Crippen LogP contribution in [0.1, 0.15) is 31.7 Å². The Hall–Kier alpha value is -1.46. The molecule has 1 fully saturated rings. The Bertz CT molecular complexity index is 436. The molecule has 0 aliphatic carbocycles. The molecular formula is C16H25N3O2. The maximum atomic E-state index is 12.0. The SMILES string of the molecule is CCC1(CO)CCN(CC(=O)NCc2cccnc2)CC1. The normalized spacial score (nSPS) is 18.4. The molecule has 0 saturated carbocycles. The number of hydrogen-bond donors (Lipinski definition) is 2. The van der Waals surface area contributed by atoms with Crippen LogP contribution in [0, 0.1) is 5.41 Å². The van der Waals surface area contributed by atoms with Crippen molar-refractivity contribution in [3.05, 3.63) is 30.1 Å². The summed E-state index contributed by atoms with van der Waals surface area (Å²) in [7, 11) is 0. The third-order valence-corrected chi connectivity index (χ3v) is 4.58. The fraction of sp³-hybridized carbons (Fsp3) is 0.625. The number of amides is 1. The smallest absolute Gasteiger partial charge is 0.234 e. The minimum absolute atomic E-state index is 0.0480. The maximum Gasteiger partial charge on any atom is 0.234 e. The Balaban J connectivity index is 1.72. The summed E-state index contributed by atoms with van der Waals surface area (Å²) in [5.41, 5.74) is 1.08. The van der Waals surface area contributed by atoms with Gasteiger partial charge in [-0.3, -0.25) is 14.7 Å². The molecule has 1 aromatic rings. The van der Waals surface area contributed by atoms with E-state index in [2.05, 4.69) is 22.1 Å². The lowest BCUT2D eigenvalue weighted by atomic mass is 9.77. The summed E-state index contributed by atoms with van der Waals surface area (Å²) in [5, 5.41) is 12.4. The molecule has 5 heteroatoms. The van der Waals surface area contributed by atoms with E-state index in [1.807, 2.05) is 12.1 Å². The summed E-state index contributed by atoms with van der Waals surface area (Å²) in [4.78, 5) is 18.2. The van der Waals surface area contributed by atoms with E-state index in [0.717, 1.165) is 37.9 Å². The van der Waals surface area contributed by atoms with Gasteiger partial charge in [0.1, 0.15) is 0 Å². The van der Waals surface area contributed by atoms with Gasteiger partial charge < -0.3 is 10.4 Å². The summed E-state index contributed by atoms with van der Waals surface area (Å²) in [6, 6.07) is 3.82. The van der Waals surface area contributed by atoms with Gasteiger partial charge in [0.15, 0.2) is 0 Å². The lowest BCUT2D eigenvalue weighted by Crippen LogP contribution is -2.45. The molecular weight excluding hydrogens is 266 g/mol. The molecule has 2 rings (SSSR count). The van der Waals surface area contributed by atoms with Crippen LogP contribution in [0.15, 0.2) is 24.5 Å². The first kappa shape index (κ1) is 15.9. The molecule has 116 valence electrons. The van der Waals surface area contributed by atoms with Gasteiger partial charge in [-0.1, -0.05) is 13.0 Å². The van der Waals surface area contributed by atoms with Crippen LogP contribution in [0.4, 0.5) is 0 Å². The molecule has 0 aromatic carbocycles. The second-order valence-corrected chi connectivity index (χ2v) is 5.93. The highest BCUT2D eigenvalue weighted by Gasteiger charge is 2.32. The van der Waals surface area contributed by atoms with Gasteiger partial charge in [0.2, 0.25) is 5.91 Å². The van der Waals surface area contributed by atoms with Crippen molar-refractivity contribution in [3.8, 4) is 0 Å². The molecule has 21 heavy (non-hydrogen) atoms. The van der Waals surface area contributed by atoms with Gasteiger partial charge in [0.25, 0.3) is 0 Å². The third-order valence-electron chi connectivity index (χ3n) is 4.58. The number of aliphatic hydroxyl groups is 1. The number of rotatable bonds is 6. The Morgan fingerprint density at radius 2 is 2.24 bits per heavy atom. The number of nitrogens with one attached hydrogen (secondary N) is 1. The van der Waals surface area contributed by atoms with Crippen LogP contribution in [0.25, 0.3) is 0 Å². The standard InChI is InChI=1S/C16H25N3O2/c1-2-16(13-20)5-8-19(9-6-16)12-15(21)18-11-14-4-3-7-17-10-14/h3-4,7,10,20H,2,5-6,8-9,11-13H2,1H3,(H,18,21). The minimum atomic E-state index is 0.0480. The number of aromatic nitrogens is 1. The molecule has 2 heterocycles. The number of hydrogen-bond acceptors (Lipinski definition) is 4. The average Bonchev–Trinajstić information content (AvgIpc) is 2.55. The van der Waals surface area contributed by atoms with E-state index in [9.17, 15) is 9.90 Å². The van der Waals surface area contributed by atoms with Crippen molar-refractivity contribution in [2.24, 2.45) is 5.41 Å². The number of piperidine rings is 1. The summed E-state index contributed by atoms with van der Waals surface area (Å²) >= 11 is 0. The molecule has 2 N–H and O–H groups in total. The van der Waals surface area contributed by atoms with Crippen LogP contribution in [0.5, 0.6) is 0 Å². The van der Waals surface area contributed by atoms with E-state index < -0.39 is 0 Å². The number of pyridine rings is 1. The van der Waals surface area contributed by atoms with Crippen LogP contribution in [-0.4, -0.2) is 47.1 Å². The fourth-order valence-corrected chi connectivity index (χ4v) is 2.77. The van der Waals surface area contributed by atoms with Crippen molar-refractivity contribution in [1.82, 2.24) is 15.2 Å². The quantitative estimate of drug-likeness (QED) is 0.826. The highest BCUT2D eigenvalue weighted by molar-refractivity contribution is 5.78. The summed E-state index contributed by atoms with van der Waals surface area (Å²) in [6.07, 6.45) is 6.43. The summed E-state index contributed by atoms with van der Waals surface area (Å²) in [6.45, 7) is 5.11. The van der Waals surface area contributed by atoms with Crippen LogP contribution >= 0.6 is 0 Å². The average molecular weight is 291 g/mol. The lowest BCUT2D eigenvalue weighted by Gasteiger charge is -2.39. The predicted octanol–water partition coefficient (Wildman–Crippen LogP) is 1.18. The third kappa shape index (κ3) is 4.51. The lowest BCUT2D eigenvalue weighted by molar-refractivity contribution is -0.123. The zero-order chi connectivity index (χ0) is 15.1. The first-order chi connectivity index (χ1) is 10.2. The van der Waals surface area contributed by atoms with E-state index in [1.54, 1.807) is 12.4 Å². The van der Waals surface area contributed by atoms with Crippen LogP contribution in [0.2, 0.25) is 0 Å². The van der Waals surface area contributed by atoms with Gasteiger partial charge in [-0.15, -0.1) is 0 Å². The van der Waals surface area contributed by atoms with E-state index in [1.165, 1.54) is 0 Å². The zero-order valence-corrected chi connectivity index (χ0v) is 12.7. The zero-order valence-electron chi connectivity index (χ0n) is 12.7. The molecule has 0 bridgehead atoms. The van der Waals surface area contributed by atoms with Crippen LogP contribution in [0.3, 0.4) is 0 Å². The first-order valence-corrected chi connectivity index (χ1v) is 7.66. The molecule has 5 nitrogen and oxygen atoms in total. The van der Waals surface area contributed by atoms with E-state index in [4.69, 9.17) is 0 Å². The largest absolute Gasteiger partial charge is 0.396 e. The summed E-state index contributed by atoms with van der Waals surface area (Å²) < 4.78 is 0. The van der Waals surface area contributed by atoms with Gasteiger partial charge in [0, 0.05) is 25.5 Å². The molecule has 0 spiro atoms.